The molecular weight excluding hydrogens is 258 g/mol. The summed E-state index contributed by atoms with van der Waals surface area (Å²) in [5.41, 5.74) is -0.168. The fraction of sp³-hybridized carbons (Fsp3) is 0.909. The molecule has 0 aliphatic carbocycles. The summed E-state index contributed by atoms with van der Waals surface area (Å²) >= 11 is 0. The highest BCUT2D eigenvalue weighted by Gasteiger charge is 2.41. The van der Waals surface area contributed by atoms with Crippen LogP contribution in [0.25, 0.3) is 0 Å². The van der Waals surface area contributed by atoms with E-state index in [1.54, 1.807) is 0 Å². The molecule has 1 fully saturated rings. The second-order valence-electron chi connectivity index (χ2n) is 5.91. The lowest BCUT2D eigenvalue weighted by atomic mass is 9.84. The highest BCUT2D eigenvalue weighted by atomic mass is 32.2. The third-order valence-electron chi connectivity index (χ3n) is 3.15. The average molecular weight is 279 g/mol. The SMILES string of the molecule is CC(C)(C)C1CC(COS(C)(=O)=O)CN1C(=O)O. The van der Waals surface area contributed by atoms with Gasteiger partial charge in [-0.1, -0.05) is 20.8 Å². The van der Waals surface area contributed by atoms with Gasteiger partial charge >= 0.3 is 6.09 Å². The average Bonchev–Trinajstić information content (AvgIpc) is 2.56. The molecule has 1 rings (SSSR count). The highest BCUT2D eigenvalue weighted by Crippen LogP contribution is 2.35. The minimum Gasteiger partial charge on any atom is -0.465 e. The van der Waals surface area contributed by atoms with Gasteiger partial charge in [-0.2, -0.15) is 8.42 Å². The van der Waals surface area contributed by atoms with Crippen molar-refractivity contribution < 1.29 is 22.5 Å². The monoisotopic (exact) mass is 279 g/mol. The van der Waals surface area contributed by atoms with E-state index in [4.69, 9.17) is 9.29 Å². The van der Waals surface area contributed by atoms with Gasteiger partial charge in [0.05, 0.1) is 12.9 Å². The van der Waals surface area contributed by atoms with E-state index in [0.717, 1.165) is 6.26 Å². The second kappa shape index (κ2) is 5.05. The summed E-state index contributed by atoms with van der Waals surface area (Å²) in [5, 5.41) is 9.16. The van der Waals surface area contributed by atoms with Gasteiger partial charge in [0.1, 0.15) is 0 Å². The Morgan fingerprint density at radius 2 is 2.00 bits per heavy atom. The van der Waals surface area contributed by atoms with E-state index in [9.17, 15) is 13.2 Å². The largest absolute Gasteiger partial charge is 0.465 e. The Labute approximate surface area is 108 Å². The van der Waals surface area contributed by atoms with Gasteiger partial charge in [0.2, 0.25) is 0 Å². The summed E-state index contributed by atoms with van der Waals surface area (Å²) in [5.74, 6) is -0.0694. The number of likely N-dealkylation sites (tertiary alicyclic amines) is 1. The first-order valence-electron chi connectivity index (χ1n) is 5.84. The molecule has 1 aliphatic rings. The third-order valence-corrected chi connectivity index (χ3v) is 3.72. The summed E-state index contributed by atoms with van der Waals surface area (Å²) in [6.45, 7) is 6.32. The Hall–Kier alpha value is -0.820. The van der Waals surface area contributed by atoms with Crippen molar-refractivity contribution in [2.24, 2.45) is 11.3 Å². The van der Waals surface area contributed by atoms with Crippen molar-refractivity contribution in [3.63, 3.8) is 0 Å². The number of carboxylic acid groups (broad SMARTS) is 1. The van der Waals surface area contributed by atoms with E-state index < -0.39 is 16.2 Å². The van der Waals surface area contributed by atoms with Gasteiger partial charge in [-0.15, -0.1) is 0 Å². The Kier molecular flexibility index (Phi) is 4.27. The summed E-state index contributed by atoms with van der Waals surface area (Å²) in [6.07, 6.45) is 0.667. The van der Waals surface area contributed by atoms with E-state index >= 15 is 0 Å². The predicted octanol–water partition coefficient (Wildman–Crippen LogP) is 1.38. The maximum Gasteiger partial charge on any atom is 0.407 e. The minimum atomic E-state index is -3.47. The fourth-order valence-electron chi connectivity index (χ4n) is 2.30. The first-order valence-corrected chi connectivity index (χ1v) is 7.66. The highest BCUT2D eigenvalue weighted by molar-refractivity contribution is 7.85. The fourth-order valence-corrected chi connectivity index (χ4v) is 2.74. The Bertz CT molecular complexity index is 412. The number of carbonyl (C=O) groups is 1. The first-order chi connectivity index (χ1) is 8.00. The van der Waals surface area contributed by atoms with Crippen molar-refractivity contribution in [1.82, 2.24) is 4.90 Å². The maximum atomic E-state index is 11.2. The zero-order valence-electron chi connectivity index (χ0n) is 11.2. The van der Waals surface area contributed by atoms with Gasteiger partial charge in [0, 0.05) is 18.5 Å². The van der Waals surface area contributed by atoms with Crippen LogP contribution >= 0.6 is 0 Å². The van der Waals surface area contributed by atoms with Crippen molar-refractivity contribution >= 4 is 16.2 Å². The molecule has 1 heterocycles. The van der Waals surface area contributed by atoms with E-state index in [1.807, 2.05) is 20.8 Å². The third kappa shape index (κ3) is 4.13. The van der Waals surface area contributed by atoms with Crippen molar-refractivity contribution in [2.45, 2.75) is 33.2 Å². The topological polar surface area (TPSA) is 83.9 Å². The smallest absolute Gasteiger partial charge is 0.407 e. The number of rotatable bonds is 3. The summed E-state index contributed by atoms with van der Waals surface area (Å²) in [6, 6.07) is -0.108. The number of amides is 1. The normalized spacial score (nSPS) is 25.4. The van der Waals surface area contributed by atoms with Gasteiger partial charge in [0.25, 0.3) is 10.1 Å². The van der Waals surface area contributed by atoms with Crippen LogP contribution in [-0.2, 0) is 14.3 Å². The minimum absolute atomic E-state index is 0.0508. The maximum absolute atomic E-state index is 11.2. The number of hydrogen-bond donors (Lipinski definition) is 1. The van der Waals surface area contributed by atoms with Crippen LogP contribution in [0.1, 0.15) is 27.2 Å². The molecule has 106 valence electrons. The van der Waals surface area contributed by atoms with E-state index in [1.165, 1.54) is 4.90 Å². The molecule has 0 aromatic rings. The Morgan fingerprint density at radius 3 is 2.33 bits per heavy atom. The van der Waals surface area contributed by atoms with Crippen LogP contribution in [0.2, 0.25) is 0 Å². The molecule has 0 radical (unpaired) electrons. The molecule has 2 unspecified atom stereocenters. The molecule has 18 heavy (non-hydrogen) atoms. The molecule has 2 atom stereocenters. The Balaban J connectivity index is 2.70. The number of hydrogen-bond acceptors (Lipinski definition) is 4. The van der Waals surface area contributed by atoms with Crippen LogP contribution in [0.5, 0.6) is 0 Å². The molecular formula is C11H21NO5S. The molecule has 1 amide bonds. The molecule has 7 heteroatoms. The lowest BCUT2D eigenvalue weighted by Gasteiger charge is -2.33. The molecule has 0 spiro atoms. The quantitative estimate of drug-likeness (QED) is 0.789. The lowest BCUT2D eigenvalue weighted by Crippen LogP contribution is -2.42. The Morgan fingerprint density at radius 1 is 1.44 bits per heavy atom. The molecule has 6 nitrogen and oxygen atoms in total. The zero-order valence-corrected chi connectivity index (χ0v) is 12.0. The van der Waals surface area contributed by atoms with Crippen LogP contribution in [0.15, 0.2) is 0 Å². The van der Waals surface area contributed by atoms with Crippen LogP contribution in [0.4, 0.5) is 4.79 Å². The van der Waals surface area contributed by atoms with E-state index in [2.05, 4.69) is 0 Å². The van der Waals surface area contributed by atoms with E-state index in [0.29, 0.717) is 13.0 Å². The molecule has 1 N–H and O–H groups in total. The van der Waals surface area contributed by atoms with Crippen LogP contribution in [0.3, 0.4) is 0 Å². The van der Waals surface area contributed by atoms with Gasteiger partial charge < -0.3 is 10.0 Å². The summed E-state index contributed by atoms with van der Waals surface area (Å²) in [7, 11) is -3.47. The molecule has 0 aromatic heterocycles. The summed E-state index contributed by atoms with van der Waals surface area (Å²) in [4.78, 5) is 12.6. The van der Waals surface area contributed by atoms with Crippen molar-refractivity contribution in [1.29, 1.82) is 0 Å². The zero-order chi connectivity index (χ0) is 14.1. The van der Waals surface area contributed by atoms with Gasteiger partial charge in [-0.05, 0) is 11.8 Å². The van der Waals surface area contributed by atoms with Crippen molar-refractivity contribution in [3.05, 3.63) is 0 Å². The lowest BCUT2D eigenvalue weighted by molar-refractivity contribution is 0.106. The molecule has 1 aliphatic heterocycles. The van der Waals surface area contributed by atoms with Gasteiger partial charge in [-0.3, -0.25) is 4.18 Å². The van der Waals surface area contributed by atoms with E-state index in [-0.39, 0.29) is 24.0 Å². The van der Waals surface area contributed by atoms with Crippen LogP contribution < -0.4 is 0 Å². The van der Waals surface area contributed by atoms with Crippen LogP contribution in [-0.4, -0.2) is 50.0 Å². The second-order valence-corrected chi connectivity index (χ2v) is 7.55. The molecule has 0 bridgehead atoms. The molecule has 0 aromatic carbocycles. The first kappa shape index (κ1) is 15.2. The van der Waals surface area contributed by atoms with Gasteiger partial charge in [0.15, 0.2) is 0 Å². The summed E-state index contributed by atoms with van der Waals surface area (Å²) < 4.78 is 26.6. The standard InChI is InChI=1S/C11H21NO5S/c1-11(2,3)9-5-8(6-12(9)10(13)14)7-17-18(4,15)16/h8-9H,5-7H2,1-4H3,(H,13,14). The molecule has 0 saturated carbocycles. The predicted molar refractivity (Wildman–Crippen MR) is 66.9 cm³/mol. The van der Waals surface area contributed by atoms with Crippen molar-refractivity contribution in [3.8, 4) is 0 Å². The van der Waals surface area contributed by atoms with Crippen molar-refractivity contribution in [2.75, 3.05) is 19.4 Å². The van der Waals surface area contributed by atoms with Gasteiger partial charge in [-0.25, -0.2) is 4.79 Å². The number of nitrogens with zero attached hydrogens (tertiary/aromatic N) is 1. The molecule has 1 saturated heterocycles. The van der Waals surface area contributed by atoms with Crippen LogP contribution in [0, 0.1) is 11.3 Å².